The minimum absolute atomic E-state index is 0.259. The summed E-state index contributed by atoms with van der Waals surface area (Å²) >= 11 is 0. The van der Waals surface area contributed by atoms with E-state index in [0.29, 0.717) is 12.5 Å². The molecular formula is C14H29N3O. The summed E-state index contributed by atoms with van der Waals surface area (Å²) < 4.78 is 0. The van der Waals surface area contributed by atoms with Gasteiger partial charge < -0.3 is 9.80 Å². The van der Waals surface area contributed by atoms with Gasteiger partial charge in [0.05, 0.1) is 12.7 Å². The van der Waals surface area contributed by atoms with Crippen LogP contribution in [0.4, 0.5) is 0 Å². The topological polar surface area (TPSA) is 35.6 Å². The number of rotatable bonds is 8. The first-order valence-corrected chi connectivity index (χ1v) is 7.33. The first-order chi connectivity index (χ1) is 8.58. The Morgan fingerprint density at radius 1 is 1.39 bits per heavy atom. The van der Waals surface area contributed by atoms with Gasteiger partial charge in [-0.3, -0.25) is 10.1 Å². The molecule has 1 fully saturated rings. The van der Waals surface area contributed by atoms with Crippen LogP contribution < -0.4 is 5.32 Å². The van der Waals surface area contributed by atoms with E-state index in [0.717, 1.165) is 39.0 Å². The van der Waals surface area contributed by atoms with Gasteiger partial charge in [0.2, 0.25) is 5.91 Å². The van der Waals surface area contributed by atoms with E-state index in [-0.39, 0.29) is 12.1 Å². The Morgan fingerprint density at radius 3 is 2.61 bits per heavy atom. The lowest BCUT2D eigenvalue weighted by Crippen LogP contribution is -2.40. The number of nitrogens with one attached hydrogen (secondary N) is 1. The molecule has 0 radical (unpaired) electrons. The molecule has 0 bridgehead atoms. The second-order valence-corrected chi connectivity index (χ2v) is 5.49. The SMILES string of the molecule is CCN(CC)CCCN1C(=O)CNC1CC(C)C. The summed E-state index contributed by atoms with van der Waals surface area (Å²) in [5.41, 5.74) is 0. The summed E-state index contributed by atoms with van der Waals surface area (Å²) in [5.74, 6) is 0.888. The molecule has 1 heterocycles. The van der Waals surface area contributed by atoms with E-state index in [4.69, 9.17) is 0 Å². The second kappa shape index (κ2) is 7.74. The molecule has 1 rings (SSSR count). The van der Waals surface area contributed by atoms with E-state index >= 15 is 0 Å². The molecular weight excluding hydrogens is 226 g/mol. The van der Waals surface area contributed by atoms with Crippen LogP contribution in [0.5, 0.6) is 0 Å². The number of hydrogen-bond donors (Lipinski definition) is 1. The van der Waals surface area contributed by atoms with Gasteiger partial charge in [-0.25, -0.2) is 0 Å². The predicted molar refractivity (Wildman–Crippen MR) is 75.4 cm³/mol. The molecule has 1 N–H and O–H groups in total. The third-order valence-corrected chi connectivity index (χ3v) is 3.65. The van der Waals surface area contributed by atoms with Gasteiger partial charge in [-0.05, 0) is 38.4 Å². The van der Waals surface area contributed by atoms with Gasteiger partial charge in [0, 0.05) is 6.54 Å². The van der Waals surface area contributed by atoms with Crippen LogP contribution in [-0.2, 0) is 4.79 Å². The second-order valence-electron chi connectivity index (χ2n) is 5.49. The molecule has 0 aromatic rings. The van der Waals surface area contributed by atoms with E-state index in [9.17, 15) is 4.79 Å². The molecule has 0 spiro atoms. The smallest absolute Gasteiger partial charge is 0.237 e. The van der Waals surface area contributed by atoms with Crippen LogP contribution in [0.3, 0.4) is 0 Å². The molecule has 1 unspecified atom stereocenters. The Hall–Kier alpha value is -0.610. The van der Waals surface area contributed by atoms with Crippen LogP contribution in [0.25, 0.3) is 0 Å². The maximum absolute atomic E-state index is 11.8. The highest BCUT2D eigenvalue weighted by atomic mass is 16.2. The third kappa shape index (κ3) is 4.58. The van der Waals surface area contributed by atoms with Crippen molar-refractivity contribution in [1.82, 2.24) is 15.1 Å². The number of nitrogens with zero attached hydrogens (tertiary/aromatic N) is 2. The Balaban J connectivity index is 2.35. The number of carbonyl (C=O) groups excluding carboxylic acids is 1. The molecule has 1 atom stereocenters. The van der Waals surface area contributed by atoms with E-state index in [1.165, 1.54) is 0 Å². The monoisotopic (exact) mass is 255 g/mol. The summed E-state index contributed by atoms with van der Waals surface area (Å²) in [4.78, 5) is 16.3. The van der Waals surface area contributed by atoms with Crippen LogP contribution >= 0.6 is 0 Å². The van der Waals surface area contributed by atoms with Gasteiger partial charge in [-0.15, -0.1) is 0 Å². The molecule has 0 aromatic carbocycles. The quantitative estimate of drug-likeness (QED) is 0.714. The molecule has 0 aliphatic carbocycles. The van der Waals surface area contributed by atoms with Crippen molar-refractivity contribution in [2.24, 2.45) is 5.92 Å². The summed E-state index contributed by atoms with van der Waals surface area (Å²) in [6.45, 7) is 13.5. The minimum Gasteiger partial charge on any atom is -0.326 e. The van der Waals surface area contributed by atoms with Gasteiger partial charge in [-0.2, -0.15) is 0 Å². The Bertz CT molecular complexity index is 251. The van der Waals surface area contributed by atoms with E-state index in [2.05, 4.69) is 37.9 Å². The summed E-state index contributed by atoms with van der Waals surface area (Å²) in [6.07, 6.45) is 2.38. The van der Waals surface area contributed by atoms with Crippen molar-refractivity contribution >= 4 is 5.91 Å². The van der Waals surface area contributed by atoms with Gasteiger partial charge in [0.1, 0.15) is 0 Å². The normalized spacial score (nSPS) is 20.4. The van der Waals surface area contributed by atoms with Gasteiger partial charge in [-0.1, -0.05) is 27.7 Å². The fraction of sp³-hybridized carbons (Fsp3) is 0.929. The average molecular weight is 255 g/mol. The minimum atomic E-state index is 0.259. The van der Waals surface area contributed by atoms with Crippen LogP contribution in [0.1, 0.15) is 40.5 Å². The highest BCUT2D eigenvalue weighted by molar-refractivity contribution is 5.80. The van der Waals surface area contributed by atoms with Crippen LogP contribution in [-0.4, -0.2) is 54.6 Å². The van der Waals surface area contributed by atoms with E-state index in [1.807, 2.05) is 4.90 Å². The van der Waals surface area contributed by atoms with E-state index in [1.54, 1.807) is 0 Å². The molecule has 1 amide bonds. The first-order valence-electron chi connectivity index (χ1n) is 7.33. The molecule has 0 aromatic heterocycles. The molecule has 4 heteroatoms. The average Bonchev–Trinajstić information content (AvgIpc) is 2.66. The largest absolute Gasteiger partial charge is 0.326 e. The standard InChI is InChI=1S/C14H29N3O/c1-5-16(6-2)8-7-9-17-13(10-12(3)4)15-11-14(17)18/h12-13,15H,5-11H2,1-4H3. The molecule has 18 heavy (non-hydrogen) atoms. The Labute approximate surface area is 112 Å². The highest BCUT2D eigenvalue weighted by Crippen LogP contribution is 2.14. The van der Waals surface area contributed by atoms with Gasteiger partial charge >= 0.3 is 0 Å². The van der Waals surface area contributed by atoms with Gasteiger partial charge in [0.25, 0.3) is 0 Å². The predicted octanol–water partition coefficient (Wildman–Crippen LogP) is 1.52. The number of amides is 1. The van der Waals surface area contributed by atoms with Crippen molar-refractivity contribution in [2.45, 2.75) is 46.7 Å². The summed E-state index contributed by atoms with van der Waals surface area (Å²) in [5, 5.41) is 3.32. The molecule has 106 valence electrons. The Kier molecular flexibility index (Phi) is 6.65. The first kappa shape index (κ1) is 15.4. The van der Waals surface area contributed by atoms with Crippen LogP contribution in [0.2, 0.25) is 0 Å². The van der Waals surface area contributed by atoms with Crippen molar-refractivity contribution in [2.75, 3.05) is 32.7 Å². The van der Waals surface area contributed by atoms with Gasteiger partial charge in [0.15, 0.2) is 0 Å². The number of hydrogen-bond acceptors (Lipinski definition) is 3. The zero-order chi connectivity index (χ0) is 13.5. The maximum atomic E-state index is 11.8. The lowest BCUT2D eigenvalue weighted by molar-refractivity contribution is -0.128. The van der Waals surface area contributed by atoms with Crippen molar-refractivity contribution in [3.05, 3.63) is 0 Å². The molecule has 1 aliphatic rings. The molecule has 0 saturated carbocycles. The zero-order valence-electron chi connectivity index (χ0n) is 12.4. The van der Waals surface area contributed by atoms with E-state index < -0.39 is 0 Å². The summed E-state index contributed by atoms with van der Waals surface area (Å²) in [6, 6.07) is 0. The lowest BCUT2D eigenvalue weighted by Gasteiger charge is -2.27. The van der Waals surface area contributed by atoms with Crippen LogP contribution in [0, 0.1) is 5.92 Å². The fourth-order valence-corrected chi connectivity index (χ4v) is 2.53. The van der Waals surface area contributed by atoms with Crippen molar-refractivity contribution in [1.29, 1.82) is 0 Å². The van der Waals surface area contributed by atoms with Crippen molar-refractivity contribution in [3.8, 4) is 0 Å². The number of carbonyl (C=O) groups is 1. The zero-order valence-corrected chi connectivity index (χ0v) is 12.4. The lowest BCUT2D eigenvalue weighted by atomic mass is 10.1. The summed E-state index contributed by atoms with van der Waals surface area (Å²) in [7, 11) is 0. The maximum Gasteiger partial charge on any atom is 0.237 e. The molecule has 1 aliphatic heterocycles. The fourth-order valence-electron chi connectivity index (χ4n) is 2.53. The highest BCUT2D eigenvalue weighted by Gasteiger charge is 2.29. The molecule has 4 nitrogen and oxygen atoms in total. The van der Waals surface area contributed by atoms with Crippen molar-refractivity contribution in [3.63, 3.8) is 0 Å². The van der Waals surface area contributed by atoms with Crippen LogP contribution in [0.15, 0.2) is 0 Å². The Morgan fingerprint density at radius 2 is 2.06 bits per heavy atom. The van der Waals surface area contributed by atoms with Crippen molar-refractivity contribution < 1.29 is 4.79 Å². The third-order valence-electron chi connectivity index (χ3n) is 3.65. The molecule has 1 saturated heterocycles.